The summed E-state index contributed by atoms with van der Waals surface area (Å²) in [5.41, 5.74) is 6.19. The van der Waals surface area contributed by atoms with Gasteiger partial charge in [0.2, 0.25) is 5.91 Å². The molecule has 1 heterocycles. The van der Waals surface area contributed by atoms with Crippen LogP contribution in [0.3, 0.4) is 0 Å². The second-order valence-corrected chi connectivity index (χ2v) is 3.79. The second-order valence-electron chi connectivity index (χ2n) is 3.79. The lowest BCUT2D eigenvalue weighted by Crippen LogP contribution is -2.36. The number of ether oxygens (including phenoxy) is 1. The van der Waals surface area contributed by atoms with Crippen LogP contribution >= 0.6 is 0 Å². The number of imidazole rings is 1. The SMILES string of the molecule is CCCn1cncc1C(NCCOC)C(N)=O. The van der Waals surface area contributed by atoms with Crippen LogP contribution in [0, 0.1) is 0 Å². The highest BCUT2D eigenvalue weighted by atomic mass is 16.5. The second kappa shape index (κ2) is 7.03. The van der Waals surface area contributed by atoms with E-state index in [1.54, 1.807) is 19.6 Å². The van der Waals surface area contributed by atoms with E-state index in [1.165, 1.54) is 0 Å². The van der Waals surface area contributed by atoms with E-state index >= 15 is 0 Å². The first kappa shape index (κ1) is 13.7. The van der Waals surface area contributed by atoms with Crippen molar-refractivity contribution in [2.75, 3.05) is 20.3 Å². The molecule has 3 N–H and O–H groups in total. The van der Waals surface area contributed by atoms with Gasteiger partial charge in [0.1, 0.15) is 6.04 Å². The van der Waals surface area contributed by atoms with Crippen molar-refractivity contribution in [1.82, 2.24) is 14.9 Å². The van der Waals surface area contributed by atoms with Gasteiger partial charge in [0.15, 0.2) is 0 Å². The first-order valence-electron chi connectivity index (χ1n) is 5.72. The molecule has 0 aliphatic heterocycles. The number of rotatable bonds is 8. The highest BCUT2D eigenvalue weighted by Crippen LogP contribution is 2.12. The summed E-state index contributed by atoms with van der Waals surface area (Å²) < 4.78 is 6.87. The van der Waals surface area contributed by atoms with E-state index in [0.29, 0.717) is 13.2 Å². The first-order chi connectivity index (χ1) is 8.20. The van der Waals surface area contributed by atoms with Crippen molar-refractivity contribution in [2.45, 2.75) is 25.9 Å². The van der Waals surface area contributed by atoms with Crippen LogP contribution in [0.2, 0.25) is 0 Å². The van der Waals surface area contributed by atoms with Crippen molar-refractivity contribution >= 4 is 5.91 Å². The molecule has 0 aliphatic carbocycles. The van der Waals surface area contributed by atoms with E-state index in [-0.39, 0.29) is 0 Å². The van der Waals surface area contributed by atoms with E-state index in [4.69, 9.17) is 10.5 Å². The number of nitrogens with one attached hydrogen (secondary N) is 1. The Balaban J connectivity index is 2.74. The third kappa shape index (κ3) is 3.83. The van der Waals surface area contributed by atoms with Gasteiger partial charge in [-0.2, -0.15) is 0 Å². The number of primary amides is 1. The topological polar surface area (TPSA) is 82.2 Å². The molecule has 1 aromatic rings. The Bertz CT molecular complexity index is 351. The molecule has 1 amide bonds. The lowest BCUT2D eigenvalue weighted by molar-refractivity contribution is -0.120. The predicted octanol–water partition coefficient (Wildman–Crippen LogP) is 0.0555. The molecule has 0 aromatic carbocycles. The minimum absolute atomic E-state index is 0.404. The van der Waals surface area contributed by atoms with Crippen molar-refractivity contribution in [3.63, 3.8) is 0 Å². The number of hydrogen-bond acceptors (Lipinski definition) is 4. The number of nitrogens with zero attached hydrogens (tertiary/aromatic N) is 2. The third-order valence-corrected chi connectivity index (χ3v) is 2.44. The molecule has 1 atom stereocenters. The van der Waals surface area contributed by atoms with Gasteiger partial charge in [0.05, 0.1) is 24.8 Å². The Hall–Kier alpha value is -1.40. The van der Waals surface area contributed by atoms with E-state index in [9.17, 15) is 4.79 Å². The summed E-state index contributed by atoms with van der Waals surface area (Å²) in [5.74, 6) is -0.404. The normalized spacial score (nSPS) is 12.6. The van der Waals surface area contributed by atoms with Crippen molar-refractivity contribution in [1.29, 1.82) is 0 Å². The molecule has 1 unspecified atom stereocenters. The Morgan fingerprint density at radius 1 is 1.71 bits per heavy atom. The Kier molecular flexibility index (Phi) is 5.65. The van der Waals surface area contributed by atoms with Gasteiger partial charge >= 0.3 is 0 Å². The molecular weight excluding hydrogens is 220 g/mol. The summed E-state index contributed by atoms with van der Waals surface area (Å²) in [6, 6.07) is -0.515. The fourth-order valence-corrected chi connectivity index (χ4v) is 1.66. The fourth-order valence-electron chi connectivity index (χ4n) is 1.66. The number of aryl methyl sites for hydroxylation is 1. The van der Waals surface area contributed by atoms with E-state index in [1.807, 2.05) is 4.57 Å². The third-order valence-electron chi connectivity index (χ3n) is 2.44. The van der Waals surface area contributed by atoms with E-state index in [2.05, 4.69) is 17.2 Å². The average molecular weight is 240 g/mol. The molecule has 1 rings (SSSR count). The zero-order valence-electron chi connectivity index (χ0n) is 10.3. The maximum absolute atomic E-state index is 11.4. The quantitative estimate of drug-likeness (QED) is 0.629. The summed E-state index contributed by atoms with van der Waals surface area (Å²) in [5, 5.41) is 3.06. The minimum atomic E-state index is -0.515. The monoisotopic (exact) mass is 240 g/mol. The molecule has 1 aromatic heterocycles. The summed E-state index contributed by atoms with van der Waals surface area (Å²) >= 11 is 0. The molecule has 96 valence electrons. The number of carbonyl (C=O) groups is 1. The number of aromatic nitrogens is 2. The van der Waals surface area contributed by atoms with Crippen molar-refractivity contribution in [2.24, 2.45) is 5.73 Å². The molecule has 0 aliphatic rings. The lowest BCUT2D eigenvalue weighted by atomic mass is 10.2. The summed E-state index contributed by atoms with van der Waals surface area (Å²) in [6.45, 7) is 4.00. The molecule has 6 heteroatoms. The zero-order chi connectivity index (χ0) is 12.7. The molecule has 0 fully saturated rings. The Morgan fingerprint density at radius 3 is 3.06 bits per heavy atom. The number of amides is 1. The van der Waals surface area contributed by atoms with Crippen molar-refractivity contribution in [3.8, 4) is 0 Å². The van der Waals surface area contributed by atoms with Crippen LogP contribution < -0.4 is 11.1 Å². The molecule has 0 saturated carbocycles. The average Bonchev–Trinajstić information content (AvgIpc) is 2.73. The molecular formula is C11H20N4O2. The van der Waals surface area contributed by atoms with E-state index in [0.717, 1.165) is 18.7 Å². The van der Waals surface area contributed by atoms with Gasteiger partial charge < -0.3 is 15.0 Å². The van der Waals surface area contributed by atoms with Crippen LogP contribution in [0.25, 0.3) is 0 Å². The van der Waals surface area contributed by atoms with Crippen LogP contribution in [0.4, 0.5) is 0 Å². The molecule has 0 saturated heterocycles. The molecule has 0 bridgehead atoms. The predicted molar refractivity (Wildman–Crippen MR) is 64.3 cm³/mol. The van der Waals surface area contributed by atoms with Crippen LogP contribution in [0.5, 0.6) is 0 Å². The summed E-state index contributed by atoms with van der Waals surface area (Å²) in [7, 11) is 1.61. The summed E-state index contributed by atoms with van der Waals surface area (Å²) in [6.07, 6.45) is 4.37. The lowest BCUT2D eigenvalue weighted by Gasteiger charge is -2.17. The van der Waals surface area contributed by atoms with Gasteiger partial charge in [0.25, 0.3) is 0 Å². The number of carbonyl (C=O) groups excluding carboxylic acids is 1. The molecule has 17 heavy (non-hydrogen) atoms. The Labute approximate surface area is 101 Å². The van der Waals surface area contributed by atoms with Gasteiger partial charge in [0, 0.05) is 20.2 Å². The number of hydrogen-bond donors (Lipinski definition) is 2. The van der Waals surface area contributed by atoms with Gasteiger partial charge in [-0.3, -0.25) is 10.1 Å². The van der Waals surface area contributed by atoms with Crippen LogP contribution in [0.15, 0.2) is 12.5 Å². The maximum atomic E-state index is 11.4. The smallest absolute Gasteiger partial charge is 0.240 e. The van der Waals surface area contributed by atoms with Crippen LogP contribution in [-0.4, -0.2) is 35.7 Å². The van der Waals surface area contributed by atoms with Crippen LogP contribution in [-0.2, 0) is 16.1 Å². The molecule has 0 spiro atoms. The highest BCUT2D eigenvalue weighted by molar-refractivity contribution is 5.80. The number of nitrogens with two attached hydrogens (primary N) is 1. The van der Waals surface area contributed by atoms with Gasteiger partial charge in [-0.1, -0.05) is 6.92 Å². The molecule has 0 radical (unpaired) electrons. The Morgan fingerprint density at radius 2 is 2.47 bits per heavy atom. The summed E-state index contributed by atoms with van der Waals surface area (Å²) in [4.78, 5) is 15.5. The van der Waals surface area contributed by atoms with Gasteiger partial charge in [-0.05, 0) is 6.42 Å². The fraction of sp³-hybridized carbons (Fsp3) is 0.636. The van der Waals surface area contributed by atoms with E-state index < -0.39 is 11.9 Å². The first-order valence-corrected chi connectivity index (χ1v) is 5.72. The maximum Gasteiger partial charge on any atom is 0.240 e. The van der Waals surface area contributed by atoms with Gasteiger partial charge in [-0.15, -0.1) is 0 Å². The molecule has 6 nitrogen and oxygen atoms in total. The highest BCUT2D eigenvalue weighted by Gasteiger charge is 2.20. The largest absolute Gasteiger partial charge is 0.383 e. The zero-order valence-corrected chi connectivity index (χ0v) is 10.3. The minimum Gasteiger partial charge on any atom is -0.383 e. The van der Waals surface area contributed by atoms with Crippen molar-refractivity contribution < 1.29 is 9.53 Å². The standard InChI is InChI=1S/C11H20N4O2/c1-3-5-15-8-13-7-9(15)10(11(12)16)14-4-6-17-2/h7-8,10,14H,3-6H2,1-2H3,(H2,12,16). The van der Waals surface area contributed by atoms with Gasteiger partial charge in [-0.25, -0.2) is 4.98 Å². The van der Waals surface area contributed by atoms with Crippen LogP contribution in [0.1, 0.15) is 25.1 Å². The van der Waals surface area contributed by atoms with Crippen molar-refractivity contribution in [3.05, 3.63) is 18.2 Å². The number of methoxy groups -OCH3 is 1.